The van der Waals surface area contributed by atoms with Gasteiger partial charge in [-0.05, 0) is 29.8 Å². The van der Waals surface area contributed by atoms with Crippen molar-refractivity contribution in [1.82, 2.24) is 9.21 Å². The van der Waals surface area contributed by atoms with Gasteiger partial charge in [-0.3, -0.25) is 14.9 Å². The number of benzene rings is 2. The first-order valence-corrected chi connectivity index (χ1v) is 10.6. The highest BCUT2D eigenvalue weighted by molar-refractivity contribution is 7.88. The quantitative estimate of drug-likeness (QED) is 0.522. The molecule has 0 aromatic heterocycles. The van der Waals surface area contributed by atoms with Crippen LogP contribution in [0.15, 0.2) is 48.5 Å². The van der Waals surface area contributed by atoms with Crippen molar-refractivity contribution < 1.29 is 22.9 Å². The molecule has 0 aliphatic carbocycles. The third kappa shape index (κ3) is 4.90. The van der Waals surface area contributed by atoms with Gasteiger partial charge in [-0.15, -0.1) is 0 Å². The number of hydrogen-bond acceptors (Lipinski definition) is 6. The second kappa shape index (κ2) is 8.58. The molecule has 1 fully saturated rings. The first-order valence-electron chi connectivity index (χ1n) is 8.94. The van der Waals surface area contributed by atoms with Gasteiger partial charge in [0.2, 0.25) is 10.0 Å². The Kier molecular flexibility index (Phi) is 6.14. The highest BCUT2D eigenvalue weighted by Gasteiger charge is 2.29. The highest BCUT2D eigenvalue weighted by Crippen LogP contribution is 2.19. The molecule has 9 nitrogen and oxygen atoms in total. The lowest BCUT2D eigenvalue weighted by molar-refractivity contribution is -0.384. The second-order valence-corrected chi connectivity index (χ2v) is 8.57. The molecule has 154 valence electrons. The van der Waals surface area contributed by atoms with Crippen LogP contribution in [0.2, 0.25) is 0 Å². The standard InChI is InChI=1S/C19H21N3O6S/c1-28-18-8-4-16(5-9-18)19(23)20-10-12-21(13-11-20)29(26,27)14-15-2-6-17(7-3-15)22(24)25/h2-9H,10-14H2,1H3. The summed E-state index contributed by atoms with van der Waals surface area (Å²) >= 11 is 0. The number of sulfonamides is 1. The number of amides is 1. The third-order valence-electron chi connectivity index (χ3n) is 4.75. The average molecular weight is 419 g/mol. The lowest BCUT2D eigenvalue weighted by Gasteiger charge is -2.34. The van der Waals surface area contributed by atoms with Gasteiger partial charge in [-0.25, -0.2) is 8.42 Å². The van der Waals surface area contributed by atoms with Gasteiger partial charge in [-0.1, -0.05) is 12.1 Å². The Morgan fingerprint density at radius 1 is 1.03 bits per heavy atom. The molecule has 0 spiro atoms. The maximum Gasteiger partial charge on any atom is 0.269 e. The largest absolute Gasteiger partial charge is 0.497 e. The maximum absolute atomic E-state index is 12.7. The molecular weight excluding hydrogens is 398 g/mol. The minimum absolute atomic E-state index is 0.0863. The molecule has 3 rings (SSSR count). The van der Waals surface area contributed by atoms with Gasteiger partial charge in [0, 0.05) is 43.9 Å². The molecule has 0 radical (unpaired) electrons. The summed E-state index contributed by atoms with van der Waals surface area (Å²) in [6.07, 6.45) is 0. The molecule has 0 N–H and O–H groups in total. The molecule has 1 aliphatic rings. The van der Waals surface area contributed by atoms with Crippen LogP contribution in [-0.2, 0) is 15.8 Å². The van der Waals surface area contributed by atoms with Crippen LogP contribution in [0, 0.1) is 10.1 Å². The Labute approximate surface area is 168 Å². The zero-order valence-electron chi connectivity index (χ0n) is 15.9. The number of hydrogen-bond donors (Lipinski definition) is 0. The van der Waals surface area contributed by atoms with Crippen molar-refractivity contribution in [3.05, 3.63) is 69.8 Å². The average Bonchev–Trinajstić information content (AvgIpc) is 2.73. The molecule has 1 amide bonds. The molecule has 0 unspecified atom stereocenters. The summed E-state index contributed by atoms with van der Waals surface area (Å²) in [6.45, 7) is 1.00. The first kappa shape index (κ1) is 20.7. The van der Waals surface area contributed by atoms with Gasteiger partial charge in [-0.2, -0.15) is 4.31 Å². The topological polar surface area (TPSA) is 110 Å². The van der Waals surface area contributed by atoms with Crippen LogP contribution in [0.25, 0.3) is 0 Å². The number of ether oxygens (including phenoxy) is 1. The number of piperazine rings is 1. The van der Waals surface area contributed by atoms with E-state index >= 15 is 0 Å². The van der Waals surface area contributed by atoms with Gasteiger partial charge in [0.1, 0.15) is 5.75 Å². The summed E-state index contributed by atoms with van der Waals surface area (Å²) in [6, 6.07) is 12.2. The van der Waals surface area contributed by atoms with Crippen molar-refractivity contribution in [2.75, 3.05) is 33.3 Å². The molecule has 2 aromatic carbocycles. The van der Waals surface area contributed by atoms with Crippen molar-refractivity contribution in [2.24, 2.45) is 0 Å². The van der Waals surface area contributed by atoms with Crippen molar-refractivity contribution in [1.29, 1.82) is 0 Å². The van der Waals surface area contributed by atoms with E-state index in [1.807, 2.05) is 0 Å². The second-order valence-electron chi connectivity index (χ2n) is 6.60. The van der Waals surface area contributed by atoms with Crippen LogP contribution in [0.4, 0.5) is 5.69 Å². The summed E-state index contributed by atoms with van der Waals surface area (Å²) in [5.41, 5.74) is 0.914. The number of nitrogens with zero attached hydrogens (tertiary/aromatic N) is 3. The Morgan fingerprint density at radius 3 is 2.14 bits per heavy atom. The van der Waals surface area contributed by atoms with Gasteiger partial charge in [0.05, 0.1) is 17.8 Å². The predicted octanol–water partition coefficient (Wildman–Crippen LogP) is 1.89. The van der Waals surface area contributed by atoms with Crippen LogP contribution in [0.3, 0.4) is 0 Å². The van der Waals surface area contributed by atoms with Gasteiger partial charge in [0.15, 0.2) is 0 Å². The Balaban J connectivity index is 1.59. The summed E-state index contributed by atoms with van der Waals surface area (Å²) in [5, 5.41) is 10.7. The maximum atomic E-state index is 12.7. The number of non-ortho nitro benzene ring substituents is 1. The van der Waals surface area contributed by atoms with E-state index in [4.69, 9.17) is 4.74 Å². The molecule has 29 heavy (non-hydrogen) atoms. The normalized spacial score (nSPS) is 15.1. The first-order chi connectivity index (χ1) is 13.8. The number of nitro benzene ring substituents is 1. The van der Waals surface area contributed by atoms with Crippen molar-refractivity contribution in [3.63, 3.8) is 0 Å². The van der Waals surface area contributed by atoms with E-state index in [1.54, 1.807) is 36.3 Å². The van der Waals surface area contributed by atoms with E-state index in [9.17, 15) is 23.3 Å². The Hall–Kier alpha value is -2.98. The number of rotatable bonds is 6. The fraction of sp³-hybridized carbons (Fsp3) is 0.316. The van der Waals surface area contributed by atoms with E-state index < -0.39 is 14.9 Å². The van der Waals surface area contributed by atoms with E-state index in [0.29, 0.717) is 30.0 Å². The van der Waals surface area contributed by atoms with E-state index in [-0.39, 0.29) is 30.4 Å². The molecule has 0 atom stereocenters. The van der Waals surface area contributed by atoms with Crippen molar-refractivity contribution in [3.8, 4) is 5.75 Å². The minimum atomic E-state index is -3.58. The van der Waals surface area contributed by atoms with Crippen LogP contribution < -0.4 is 4.74 Å². The number of nitro groups is 1. The van der Waals surface area contributed by atoms with Crippen LogP contribution in [0.1, 0.15) is 15.9 Å². The molecule has 1 aliphatic heterocycles. The fourth-order valence-electron chi connectivity index (χ4n) is 3.10. The van der Waals surface area contributed by atoms with E-state index in [2.05, 4.69) is 0 Å². The molecule has 2 aromatic rings. The zero-order valence-corrected chi connectivity index (χ0v) is 16.7. The number of carbonyl (C=O) groups excluding carboxylic acids is 1. The van der Waals surface area contributed by atoms with Gasteiger partial charge in [0.25, 0.3) is 11.6 Å². The predicted molar refractivity (Wildman–Crippen MR) is 106 cm³/mol. The lowest BCUT2D eigenvalue weighted by atomic mass is 10.2. The zero-order chi connectivity index (χ0) is 21.0. The summed E-state index contributed by atoms with van der Waals surface area (Å²) < 4.78 is 31.8. The van der Waals surface area contributed by atoms with E-state index in [0.717, 1.165) is 0 Å². The molecule has 1 heterocycles. The van der Waals surface area contributed by atoms with Gasteiger partial charge < -0.3 is 9.64 Å². The molecule has 10 heteroatoms. The number of methoxy groups -OCH3 is 1. The van der Waals surface area contributed by atoms with Crippen molar-refractivity contribution in [2.45, 2.75) is 5.75 Å². The monoisotopic (exact) mass is 419 g/mol. The SMILES string of the molecule is COc1ccc(C(=O)N2CCN(S(=O)(=O)Cc3ccc([N+](=O)[O-])cc3)CC2)cc1. The smallest absolute Gasteiger partial charge is 0.269 e. The minimum Gasteiger partial charge on any atom is -0.497 e. The molecular formula is C19H21N3O6S. The fourth-order valence-corrected chi connectivity index (χ4v) is 4.62. The third-order valence-corrected chi connectivity index (χ3v) is 6.60. The van der Waals surface area contributed by atoms with Crippen LogP contribution in [-0.4, -0.2) is 61.7 Å². The number of carbonyl (C=O) groups is 1. The van der Waals surface area contributed by atoms with Crippen LogP contribution in [0.5, 0.6) is 5.75 Å². The Bertz CT molecular complexity index is 982. The highest BCUT2D eigenvalue weighted by atomic mass is 32.2. The lowest BCUT2D eigenvalue weighted by Crippen LogP contribution is -2.50. The summed E-state index contributed by atoms with van der Waals surface area (Å²) in [7, 11) is -2.03. The Morgan fingerprint density at radius 2 is 1.62 bits per heavy atom. The summed E-state index contributed by atoms with van der Waals surface area (Å²) in [4.78, 5) is 24.4. The molecule has 0 bridgehead atoms. The molecule has 1 saturated heterocycles. The van der Waals surface area contributed by atoms with Crippen LogP contribution >= 0.6 is 0 Å². The van der Waals surface area contributed by atoms with Gasteiger partial charge >= 0.3 is 0 Å². The van der Waals surface area contributed by atoms with E-state index in [1.165, 1.54) is 28.6 Å². The molecule has 0 saturated carbocycles. The van der Waals surface area contributed by atoms with Crippen molar-refractivity contribution >= 4 is 21.6 Å². The summed E-state index contributed by atoms with van der Waals surface area (Å²) in [5.74, 6) is 0.265.